The molecule has 1 aliphatic heterocycles. The molecule has 1 fully saturated rings. The van der Waals surface area contributed by atoms with E-state index in [1.807, 2.05) is 7.05 Å². The predicted octanol–water partition coefficient (Wildman–Crippen LogP) is 1.67. The van der Waals surface area contributed by atoms with Crippen molar-refractivity contribution in [3.05, 3.63) is 47.3 Å². The van der Waals surface area contributed by atoms with Gasteiger partial charge in [0.1, 0.15) is 11.6 Å². The molecule has 1 unspecified atom stereocenters. The monoisotopic (exact) mass is 294 g/mol. The highest BCUT2D eigenvalue weighted by molar-refractivity contribution is 5.21. The lowest BCUT2D eigenvalue weighted by molar-refractivity contribution is -0.0351. The SMILES string of the molecule is Cn1nncc1CN1CCOC(c2ccc(F)cc2F)C1. The number of rotatable bonds is 3. The summed E-state index contributed by atoms with van der Waals surface area (Å²) in [6.07, 6.45) is 1.32. The van der Waals surface area contributed by atoms with Gasteiger partial charge in [-0.2, -0.15) is 0 Å². The molecule has 1 saturated heterocycles. The molecule has 2 aromatic rings. The van der Waals surface area contributed by atoms with Crippen LogP contribution < -0.4 is 0 Å². The number of halogens is 2. The molecular weight excluding hydrogens is 278 g/mol. The molecule has 0 radical (unpaired) electrons. The third-order valence-corrected chi connectivity index (χ3v) is 3.65. The number of aryl methyl sites for hydroxylation is 1. The van der Waals surface area contributed by atoms with E-state index in [1.54, 1.807) is 10.9 Å². The minimum Gasteiger partial charge on any atom is -0.371 e. The Hall–Kier alpha value is -1.86. The zero-order valence-electron chi connectivity index (χ0n) is 11.7. The number of benzene rings is 1. The minimum absolute atomic E-state index is 0.388. The summed E-state index contributed by atoms with van der Waals surface area (Å²) in [6, 6.07) is 3.60. The van der Waals surface area contributed by atoms with Gasteiger partial charge in [0.2, 0.25) is 0 Å². The topological polar surface area (TPSA) is 43.2 Å². The summed E-state index contributed by atoms with van der Waals surface area (Å²) in [6.45, 7) is 2.48. The summed E-state index contributed by atoms with van der Waals surface area (Å²) in [5.74, 6) is -1.14. The molecule has 0 saturated carbocycles. The lowest BCUT2D eigenvalue weighted by Crippen LogP contribution is -2.38. The molecule has 3 rings (SSSR count). The van der Waals surface area contributed by atoms with Crippen LogP contribution in [0.5, 0.6) is 0 Å². The van der Waals surface area contributed by atoms with Crippen molar-refractivity contribution in [2.75, 3.05) is 19.7 Å². The van der Waals surface area contributed by atoms with Gasteiger partial charge in [-0.25, -0.2) is 8.78 Å². The van der Waals surface area contributed by atoms with Gasteiger partial charge in [0.05, 0.1) is 24.6 Å². The first kappa shape index (κ1) is 14.1. The second-order valence-corrected chi connectivity index (χ2v) is 5.11. The Morgan fingerprint density at radius 3 is 2.95 bits per heavy atom. The standard InChI is InChI=1S/C14H16F2N4O/c1-19-11(7-17-18-19)8-20-4-5-21-14(9-20)12-3-2-10(15)6-13(12)16/h2-3,6-7,14H,4-5,8-9H2,1H3. The summed E-state index contributed by atoms with van der Waals surface area (Å²) in [4.78, 5) is 2.15. The molecule has 1 atom stereocenters. The summed E-state index contributed by atoms with van der Waals surface area (Å²) in [7, 11) is 1.83. The van der Waals surface area contributed by atoms with Crippen LogP contribution in [0.3, 0.4) is 0 Å². The molecule has 0 amide bonds. The summed E-state index contributed by atoms with van der Waals surface area (Å²) in [5.41, 5.74) is 1.37. The number of morpholine rings is 1. The fraction of sp³-hybridized carbons (Fsp3) is 0.429. The maximum Gasteiger partial charge on any atom is 0.131 e. The Balaban J connectivity index is 1.72. The number of ether oxygens (including phenoxy) is 1. The molecule has 0 spiro atoms. The summed E-state index contributed by atoms with van der Waals surface area (Å²) < 4.78 is 34.2. The van der Waals surface area contributed by atoms with Crippen molar-refractivity contribution in [3.8, 4) is 0 Å². The average molecular weight is 294 g/mol. The molecule has 0 bridgehead atoms. The third kappa shape index (κ3) is 3.08. The number of hydrogen-bond donors (Lipinski definition) is 0. The van der Waals surface area contributed by atoms with Crippen molar-refractivity contribution in [1.29, 1.82) is 0 Å². The maximum atomic E-state index is 13.8. The molecule has 1 aliphatic rings. The second kappa shape index (κ2) is 5.87. The van der Waals surface area contributed by atoms with E-state index in [1.165, 1.54) is 12.1 Å². The van der Waals surface area contributed by atoms with Crippen LogP contribution in [0.4, 0.5) is 8.78 Å². The van der Waals surface area contributed by atoms with E-state index in [9.17, 15) is 8.78 Å². The zero-order chi connectivity index (χ0) is 14.8. The number of nitrogens with zero attached hydrogens (tertiary/aromatic N) is 4. The molecule has 5 nitrogen and oxygen atoms in total. The summed E-state index contributed by atoms with van der Waals surface area (Å²) in [5, 5.41) is 7.73. The van der Waals surface area contributed by atoms with Gasteiger partial charge in [-0.3, -0.25) is 9.58 Å². The number of aromatic nitrogens is 3. The van der Waals surface area contributed by atoms with E-state index < -0.39 is 11.6 Å². The van der Waals surface area contributed by atoms with Crippen LogP contribution in [0.15, 0.2) is 24.4 Å². The Kier molecular flexibility index (Phi) is 3.94. The number of hydrogen-bond acceptors (Lipinski definition) is 4. The second-order valence-electron chi connectivity index (χ2n) is 5.11. The smallest absolute Gasteiger partial charge is 0.131 e. The molecule has 0 aliphatic carbocycles. The largest absolute Gasteiger partial charge is 0.371 e. The molecule has 112 valence electrons. The van der Waals surface area contributed by atoms with Crippen LogP contribution in [-0.4, -0.2) is 39.6 Å². The van der Waals surface area contributed by atoms with Gasteiger partial charge >= 0.3 is 0 Å². The van der Waals surface area contributed by atoms with E-state index in [2.05, 4.69) is 15.2 Å². The van der Waals surface area contributed by atoms with Crippen molar-refractivity contribution < 1.29 is 13.5 Å². The Morgan fingerprint density at radius 1 is 1.38 bits per heavy atom. The quantitative estimate of drug-likeness (QED) is 0.863. The van der Waals surface area contributed by atoms with Crippen LogP contribution in [0.1, 0.15) is 17.4 Å². The Bertz CT molecular complexity index is 631. The first-order valence-corrected chi connectivity index (χ1v) is 6.76. The molecule has 2 heterocycles. The highest BCUT2D eigenvalue weighted by Gasteiger charge is 2.25. The van der Waals surface area contributed by atoms with Crippen molar-refractivity contribution in [1.82, 2.24) is 19.9 Å². The van der Waals surface area contributed by atoms with Crippen LogP contribution in [0, 0.1) is 11.6 Å². The molecule has 1 aromatic heterocycles. The van der Waals surface area contributed by atoms with E-state index in [0.29, 0.717) is 25.3 Å². The van der Waals surface area contributed by atoms with Crippen LogP contribution in [-0.2, 0) is 18.3 Å². The highest BCUT2D eigenvalue weighted by Crippen LogP contribution is 2.25. The first-order chi connectivity index (χ1) is 10.1. The molecule has 21 heavy (non-hydrogen) atoms. The highest BCUT2D eigenvalue weighted by atomic mass is 19.1. The van der Waals surface area contributed by atoms with Gasteiger partial charge in [0, 0.05) is 38.3 Å². The minimum atomic E-state index is -0.579. The summed E-state index contributed by atoms with van der Waals surface area (Å²) >= 11 is 0. The molecule has 0 N–H and O–H groups in total. The first-order valence-electron chi connectivity index (χ1n) is 6.76. The van der Waals surface area contributed by atoms with Gasteiger partial charge in [-0.05, 0) is 6.07 Å². The lowest BCUT2D eigenvalue weighted by atomic mass is 10.1. The Labute approximate surface area is 121 Å². The fourth-order valence-electron chi connectivity index (χ4n) is 2.48. The van der Waals surface area contributed by atoms with Crippen molar-refractivity contribution in [2.45, 2.75) is 12.6 Å². The zero-order valence-corrected chi connectivity index (χ0v) is 11.7. The van der Waals surface area contributed by atoms with Gasteiger partial charge in [-0.1, -0.05) is 11.3 Å². The maximum absolute atomic E-state index is 13.8. The van der Waals surface area contributed by atoms with Gasteiger partial charge in [0.25, 0.3) is 0 Å². The lowest BCUT2D eigenvalue weighted by Gasteiger charge is -2.33. The van der Waals surface area contributed by atoms with Crippen LogP contribution in [0.2, 0.25) is 0 Å². The van der Waals surface area contributed by atoms with Crippen molar-refractivity contribution in [3.63, 3.8) is 0 Å². The van der Waals surface area contributed by atoms with E-state index in [4.69, 9.17) is 4.74 Å². The van der Waals surface area contributed by atoms with Gasteiger partial charge in [-0.15, -0.1) is 5.10 Å². The van der Waals surface area contributed by atoms with Crippen molar-refractivity contribution in [2.24, 2.45) is 7.05 Å². The van der Waals surface area contributed by atoms with E-state index >= 15 is 0 Å². The van der Waals surface area contributed by atoms with Crippen LogP contribution in [0.25, 0.3) is 0 Å². The van der Waals surface area contributed by atoms with Crippen LogP contribution >= 0.6 is 0 Å². The molecule has 1 aromatic carbocycles. The molecular formula is C14H16F2N4O. The van der Waals surface area contributed by atoms with E-state index in [0.717, 1.165) is 18.3 Å². The fourth-order valence-corrected chi connectivity index (χ4v) is 2.48. The van der Waals surface area contributed by atoms with Crippen molar-refractivity contribution >= 4 is 0 Å². The van der Waals surface area contributed by atoms with Gasteiger partial charge < -0.3 is 4.74 Å². The normalized spacial score (nSPS) is 19.9. The average Bonchev–Trinajstić information content (AvgIpc) is 2.84. The van der Waals surface area contributed by atoms with E-state index in [-0.39, 0.29) is 6.10 Å². The van der Waals surface area contributed by atoms with Gasteiger partial charge in [0.15, 0.2) is 0 Å². The molecule has 7 heteroatoms. The third-order valence-electron chi connectivity index (χ3n) is 3.65. The Morgan fingerprint density at radius 2 is 2.24 bits per heavy atom. The predicted molar refractivity (Wildman–Crippen MR) is 71.3 cm³/mol.